The summed E-state index contributed by atoms with van der Waals surface area (Å²) in [5, 5.41) is 8.90. The van der Waals surface area contributed by atoms with E-state index in [2.05, 4.69) is 4.72 Å². The molecule has 0 aliphatic heterocycles. The molecule has 0 heterocycles. The van der Waals surface area contributed by atoms with E-state index in [1.54, 1.807) is 24.3 Å². The van der Waals surface area contributed by atoms with Gasteiger partial charge in [-0.1, -0.05) is 24.3 Å². The summed E-state index contributed by atoms with van der Waals surface area (Å²) in [6.45, 7) is 4.15. The molecule has 0 saturated heterocycles. The predicted octanol–water partition coefficient (Wildman–Crippen LogP) is 1.02. The van der Waals surface area contributed by atoms with E-state index >= 15 is 0 Å². The molecule has 0 bridgehead atoms. The maximum absolute atomic E-state index is 11.7. The van der Waals surface area contributed by atoms with Crippen LogP contribution in [0.4, 0.5) is 0 Å². The largest absolute Gasteiger partial charge is 0.392 e. The Balaban J connectivity index is 2.41. The number of sulfonamides is 1. The minimum Gasteiger partial charge on any atom is -0.392 e. The Hall–Kier alpha value is -0.950. The van der Waals surface area contributed by atoms with Gasteiger partial charge >= 0.3 is 0 Å². The summed E-state index contributed by atoms with van der Waals surface area (Å²) in [5.41, 5.74) is 1.66. The molecule has 0 aromatic heterocycles. The second-order valence-electron chi connectivity index (χ2n) is 4.53. The topological polar surface area (TPSA) is 75.6 Å². The zero-order valence-corrected chi connectivity index (χ0v) is 12.1. The van der Waals surface area contributed by atoms with E-state index in [9.17, 15) is 8.42 Å². The van der Waals surface area contributed by atoms with Crippen LogP contribution in [0, 0.1) is 0 Å². The maximum Gasteiger partial charge on any atom is 0.214 e. The van der Waals surface area contributed by atoms with Gasteiger partial charge in [-0.2, -0.15) is 0 Å². The first-order chi connectivity index (χ1) is 8.93. The molecule has 0 unspecified atom stereocenters. The van der Waals surface area contributed by atoms with Crippen LogP contribution in [-0.4, -0.2) is 32.0 Å². The fraction of sp³-hybridized carbons (Fsp3) is 0.538. The molecule has 2 N–H and O–H groups in total. The SMILES string of the molecule is CC(C)OCCS(=O)(=O)NCc1ccc(CO)cc1. The van der Waals surface area contributed by atoms with Crippen LogP contribution in [-0.2, 0) is 27.9 Å². The lowest BCUT2D eigenvalue weighted by atomic mass is 10.1. The van der Waals surface area contributed by atoms with Gasteiger partial charge in [0.05, 0.1) is 25.1 Å². The molecule has 0 amide bonds. The Kier molecular flexibility index (Phi) is 6.44. The van der Waals surface area contributed by atoms with Crippen molar-refractivity contribution < 1.29 is 18.3 Å². The molecule has 0 radical (unpaired) electrons. The van der Waals surface area contributed by atoms with Gasteiger partial charge < -0.3 is 9.84 Å². The number of aliphatic hydroxyl groups is 1. The van der Waals surface area contributed by atoms with Crippen LogP contribution >= 0.6 is 0 Å². The first-order valence-corrected chi connectivity index (χ1v) is 7.86. The van der Waals surface area contributed by atoms with Crippen molar-refractivity contribution in [1.82, 2.24) is 4.72 Å². The van der Waals surface area contributed by atoms with Crippen LogP contribution in [0.3, 0.4) is 0 Å². The van der Waals surface area contributed by atoms with Crippen molar-refractivity contribution >= 4 is 10.0 Å². The van der Waals surface area contributed by atoms with Gasteiger partial charge in [0.2, 0.25) is 10.0 Å². The van der Waals surface area contributed by atoms with E-state index in [0.717, 1.165) is 11.1 Å². The highest BCUT2D eigenvalue weighted by atomic mass is 32.2. The Morgan fingerprint density at radius 1 is 1.21 bits per heavy atom. The Labute approximate surface area is 114 Å². The van der Waals surface area contributed by atoms with Gasteiger partial charge in [0.1, 0.15) is 0 Å². The van der Waals surface area contributed by atoms with Crippen molar-refractivity contribution in [1.29, 1.82) is 0 Å². The van der Waals surface area contributed by atoms with Gasteiger partial charge in [0.25, 0.3) is 0 Å². The van der Waals surface area contributed by atoms with Crippen molar-refractivity contribution in [3.63, 3.8) is 0 Å². The zero-order chi connectivity index (χ0) is 14.3. The third kappa shape index (κ3) is 6.68. The summed E-state index contributed by atoms with van der Waals surface area (Å²) in [7, 11) is -3.32. The van der Waals surface area contributed by atoms with Gasteiger partial charge in [0, 0.05) is 6.54 Å². The summed E-state index contributed by atoms with van der Waals surface area (Å²) in [5.74, 6) is -0.0418. The van der Waals surface area contributed by atoms with Crippen LogP contribution in [0.2, 0.25) is 0 Å². The van der Waals surface area contributed by atoms with Gasteiger partial charge in [0.15, 0.2) is 0 Å². The molecule has 19 heavy (non-hydrogen) atoms. The van der Waals surface area contributed by atoms with E-state index in [-0.39, 0.29) is 31.6 Å². The highest BCUT2D eigenvalue weighted by molar-refractivity contribution is 7.89. The van der Waals surface area contributed by atoms with E-state index in [4.69, 9.17) is 9.84 Å². The smallest absolute Gasteiger partial charge is 0.214 e. The fourth-order valence-electron chi connectivity index (χ4n) is 1.42. The second kappa shape index (κ2) is 7.59. The average molecular weight is 287 g/mol. The number of rotatable bonds is 8. The molecule has 0 aliphatic carbocycles. The molecular weight excluding hydrogens is 266 g/mol. The van der Waals surface area contributed by atoms with Gasteiger partial charge in [-0.3, -0.25) is 0 Å². The third-order valence-corrected chi connectivity index (χ3v) is 3.79. The van der Waals surface area contributed by atoms with Gasteiger partial charge in [-0.05, 0) is 25.0 Å². The molecule has 0 aliphatic rings. The molecule has 1 aromatic carbocycles. The zero-order valence-electron chi connectivity index (χ0n) is 11.3. The lowest BCUT2D eigenvalue weighted by Gasteiger charge is -2.09. The number of ether oxygens (including phenoxy) is 1. The molecule has 1 aromatic rings. The first-order valence-electron chi connectivity index (χ1n) is 6.20. The molecule has 0 fully saturated rings. The molecule has 0 spiro atoms. The summed E-state index contributed by atoms with van der Waals surface area (Å²) in [6.07, 6.45) is 0.0289. The minimum absolute atomic E-state index is 0.0153. The molecule has 108 valence electrons. The quantitative estimate of drug-likeness (QED) is 0.748. The van der Waals surface area contributed by atoms with Crippen molar-refractivity contribution in [2.75, 3.05) is 12.4 Å². The third-order valence-electron chi connectivity index (χ3n) is 2.50. The highest BCUT2D eigenvalue weighted by Crippen LogP contribution is 2.04. The normalized spacial score (nSPS) is 12.0. The van der Waals surface area contributed by atoms with Crippen molar-refractivity contribution in [2.24, 2.45) is 0 Å². The van der Waals surface area contributed by atoms with Gasteiger partial charge in [-0.25, -0.2) is 13.1 Å². The summed E-state index contributed by atoms with van der Waals surface area (Å²) >= 11 is 0. The Bertz CT molecular complexity index is 468. The maximum atomic E-state index is 11.7. The van der Waals surface area contributed by atoms with Crippen LogP contribution in [0.5, 0.6) is 0 Å². The summed E-state index contributed by atoms with van der Waals surface area (Å²) < 4.78 is 31.1. The summed E-state index contributed by atoms with van der Waals surface area (Å²) in [6, 6.07) is 7.12. The number of aliphatic hydroxyl groups excluding tert-OH is 1. The Morgan fingerprint density at radius 3 is 2.32 bits per heavy atom. The highest BCUT2D eigenvalue weighted by Gasteiger charge is 2.10. The molecule has 5 nitrogen and oxygen atoms in total. The second-order valence-corrected chi connectivity index (χ2v) is 6.46. The lowest BCUT2D eigenvalue weighted by Crippen LogP contribution is -2.28. The van der Waals surface area contributed by atoms with Crippen molar-refractivity contribution in [2.45, 2.75) is 33.1 Å². The van der Waals surface area contributed by atoms with Crippen molar-refractivity contribution in [3.8, 4) is 0 Å². The van der Waals surface area contributed by atoms with Crippen LogP contribution in [0.1, 0.15) is 25.0 Å². The first kappa shape index (κ1) is 16.1. The number of hydrogen-bond acceptors (Lipinski definition) is 4. The fourth-order valence-corrected chi connectivity index (χ4v) is 2.27. The van der Waals surface area contributed by atoms with Gasteiger partial charge in [-0.15, -0.1) is 0 Å². The molecule has 0 atom stereocenters. The monoisotopic (exact) mass is 287 g/mol. The van der Waals surface area contributed by atoms with Crippen LogP contribution in [0.25, 0.3) is 0 Å². The number of benzene rings is 1. The van der Waals surface area contributed by atoms with E-state index in [1.807, 2.05) is 13.8 Å². The number of hydrogen-bond donors (Lipinski definition) is 2. The summed E-state index contributed by atoms with van der Waals surface area (Å²) in [4.78, 5) is 0. The lowest BCUT2D eigenvalue weighted by molar-refractivity contribution is 0.0911. The Morgan fingerprint density at radius 2 is 1.79 bits per heavy atom. The van der Waals surface area contributed by atoms with E-state index in [1.165, 1.54) is 0 Å². The number of nitrogens with one attached hydrogen (secondary N) is 1. The van der Waals surface area contributed by atoms with E-state index < -0.39 is 10.0 Å². The molecule has 0 saturated carbocycles. The van der Waals surface area contributed by atoms with Crippen LogP contribution in [0.15, 0.2) is 24.3 Å². The van der Waals surface area contributed by atoms with E-state index in [0.29, 0.717) is 0 Å². The predicted molar refractivity (Wildman–Crippen MR) is 74.1 cm³/mol. The standard InChI is InChI=1S/C13H21NO4S/c1-11(2)18-7-8-19(16,17)14-9-12-3-5-13(10-15)6-4-12/h3-6,11,14-15H,7-10H2,1-2H3. The molecule has 6 heteroatoms. The molecule has 1 rings (SSSR count). The minimum atomic E-state index is -3.32. The average Bonchev–Trinajstić information content (AvgIpc) is 2.36. The van der Waals surface area contributed by atoms with Crippen molar-refractivity contribution in [3.05, 3.63) is 35.4 Å². The molecular formula is C13H21NO4S. The van der Waals surface area contributed by atoms with Crippen LogP contribution < -0.4 is 4.72 Å².